The summed E-state index contributed by atoms with van der Waals surface area (Å²) in [6, 6.07) is 12.3. The van der Waals surface area contributed by atoms with Gasteiger partial charge in [-0.25, -0.2) is 29.2 Å². The van der Waals surface area contributed by atoms with E-state index >= 15 is 0 Å². The number of hydrogen-bond donors (Lipinski definition) is 1. The van der Waals surface area contributed by atoms with Crippen molar-refractivity contribution < 1.29 is 27.2 Å². The molecule has 0 fully saturated rings. The van der Waals surface area contributed by atoms with Crippen molar-refractivity contribution in [1.29, 1.82) is 5.26 Å². The Kier molecular flexibility index (Phi) is 8.31. The van der Waals surface area contributed by atoms with Gasteiger partial charge >= 0.3 is 17.8 Å². The first kappa shape index (κ1) is 31.1. The minimum absolute atomic E-state index is 0.0119. The average molecular weight is 620 g/mol. The highest BCUT2D eigenvalue weighted by molar-refractivity contribution is 5.93. The number of carbonyl (C=O) groups excluding carboxylic acids is 1. The maximum Gasteiger partial charge on any atom is 0.416 e. The normalized spacial score (nSPS) is 15.1. The Hall–Kier alpha value is -5.29. The summed E-state index contributed by atoms with van der Waals surface area (Å²) < 4.78 is 47.8. The number of nitrogens with one attached hydrogen (secondary N) is 1. The van der Waals surface area contributed by atoms with E-state index in [1.54, 1.807) is 43.6 Å². The molecule has 1 aliphatic heterocycles. The van der Waals surface area contributed by atoms with Crippen LogP contribution < -0.4 is 10.6 Å². The second-order valence-electron chi connectivity index (χ2n) is 11.2. The number of aromatic amines is 1. The smallest absolute Gasteiger partial charge is 0.416 e. The molecule has 0 aliphatic carbocycles. The molecule has 0 spiro atoms. The molecule has 45 heavy (non-hydrogen) atoms. The van der Waals surface area contributed by atoms with Gasteiger partial charge in [0.1, 0.15) is 12.6 Å². The van der Waals surface area contributed by atoms with Gasteiger partial charge in [-0.1, -0.05) is 12.1 Å². The summed E-state index contributed by atoms with van der Waals surface area (Å²) in [7, 11) is 5.22. The number of aromatic nitrogens is 5. The van der Waals surface area contributed by atoms with Crippen molar-refractivity contribution in [2.24, 2.45) is 0 Å². The van der Waals surface area contributed by atoms with Crippen LogP contribution in [0.5, 0.6) is 0 Å². The van der Waals surface area contributed by atoms with Crippen LogP contribution in [0.3, 0.4) is 0 Å². The van der Waals surface area contributed by atoms with Crippen LogP contribution in [0.1, 0.15) is 41.0 Å². The fourth-order valence-corrected chi connectivity index (χ4v) is 5.53. The first-order valence-electron chi connectivity index (χ1n) is 13.9. The molecule has 1 unspecified atom stereocenters. The maximum atomic E-state index is 13.6. The number of rotatable bonds is 8. The van der Waals surface area contributed by atoms with Gasteiger partial charge in [0.15, 0.2) is 5.82 Å². The van der Waals surface area contributed by atoms with Gasteiger partial charge in [0.2, 0.25) is 5.95 Å². The maximum absolute atomic E-state index is 13.6. The Bertz CT molecular complexity index is 1870. The van der Waals surface area contributed by atoms with Crippen LogP contribution in [0, 0.1) is 11.3 Å². The van der Waals surface area contributed by atoms with E-state index in [1.807, 2.05) is 14.1 Å². The van der Waals surface area contributed by atoms with Gasteiger partial charge in [0, 0.05) is 30.2 Å². The van der Waals surface area contributed by atoms with Crippen molar-refractivity contribution in [3.05, 3.63) is 111 Å². The third-order valence-electron chi connectivity index (χ3n) is 7.72. The molecule has 1 N–H and O–H groups in total. The van der Waals surface area contributed by atoms with E-state index in [9.17, 15) is 28.0 Å². The van der Waals surface area contributed by atoms with Gasteiger partial charge in [0.25, 0.3) is 0 Å². The SMILES string of the molecule is COC(=O)C1=C(C)N(c2cccc(C(F)(F)F)c2)c2n[nH]c(=O)n2C1c1ccc(C#N)cc1CC[N+](C)(C)Cc1ncccn1. The zero-order valence-corrected chi connectivity index (χ0v) is 25.0. The Balaban J connectivity index is 1.65. The second kappa shape index (κ2) is 12.0. The minimum Gasteiger partial charge on any atom is -0.466 e. The van der Waals surface area contributed by atoms with E-state index in [4.69, 9.17) is 4.74 Å². The largest absolute Gasteiger partial charge is 0.466 e. The lowest BCUT2D eigenvalue weighted by molar-refractivity contribution is -0.904. The van der Waals surface area contributed by atoms with Crippen LogP contribution in [0.15, 0.2) is 77.0 Å². The highest BCUT2D eigenvalue weighted by atomic mass is 19.4. The Morgan fingerprint density at radius 3 is 2.53 bits per heavy atom. The van der Waals surface area contributed by atoms with Gasteiger partial charge in [0.05, 0.1) is 50.5 Å². The van der Waals surface area contributed by atoms with Gasteiger partial charge in [-0.3, -0.25) is 4.90 Å². The molecule has 0 radical (unpaired) electrons. The van der Waals surface area contributed by atoms with Crippen LogP contribution in [-0.4, -0.2) is 62.9 Å². The lowest BCUT2D eigenvalue weighted by atomic mass is 9.89. The van der Waals surface area contributed by atoms with Crippen molar-refractivity contribution in [1.82, 2.24) is 24.7 Å². The number of nitrogens with zero attached hydrogens (tertiary/aromatic N) is 7. The molecule has 1 aliphatic rings. The minimum atomic E-state index is -4.63. The number of esters is 1. The molecule has 0 saturated carbocycles. The monoisotopic (exact) mass is 619 g/mol. The molecule has 0 bridgehead atoms. The molecule has 0 amide bonds. The summed E-state index contributed by atoms with van der Waals surface area (Å²) in [5.41, 5.74) is 0.326. The van der Waals surface area contributed by atoms with Crippen LogP contribution in [-0.2, 0) is 28.7 Å². The van der Waals surface area contributed by atoms with Gasteiger partial charge in [-0.05, 0) is 54.4 Å². The van der Waals surface area contributed by atoms with Crippen molar-refractivity contribution in [3.63, 3.8) is 0 Å². The first-order chi connectivity index (χ1) is 21.3. The van der Waals surface area contributed by atoms with Crippen molar-refractivity contribution in [2.75, 3.05) is 32.6 Å². The van der Waals surface area contributed by atoms with Crippen molar-refractivity contribution in [3.8, 4) is 6.07 Å². The molecule has 4 aromatic rings. The number of carbonyl (C=O) groups is 1. The zero-order chi connectivity index (χ0) is 32.5. The highest BCUT2D eigenvalue weighted by Crippen LogP contribution is 2.43. The van der Waals surface area contributed by atoms with E-state index in [-0.39, 0.29) is 22.9 Å². The molecule has 11 nitrogen and oxygen atoms in total. The van der Waals surface area contributed by atoms with E-state index in [0.717, 1.165) is 12.1 Å². The van der Waals surface area contributed by atoms with Crippen molar-refractivity contribution >= 4 is 17.6 Å². The summed E-state index contributed by atoms with van der Waals surface area (Å²) >= 11 is 0. The number of ether oxygens (including phenoxy) is 1. The topological polar surface area (TPSA) is 130 Å². The number of H-pyrrole nitrogens is 1. The molecule has 2 aromatic carbocycles. The molecule has 5 rings (SSSR count). The predicted molar refractivity (Wildman–Crippen MR) is 157 cm³/mol. The van der Waals surface area contributed by atoms with Crippen LogP contribution >= 0.6 is 0 Å². The Labute approximate surface area is 256 Å². The van der Waals surface area contributed by atoms with E-state index in [0.29, 0.717) is 46.5 Å². The second-order valence-corrected chi connectivity index (χ2v) is 11.2. The zero-order valence-electron chi connectivity index (χ0n) is 25.0. The molecule has 14 heteroatoms. The number of allylic oxidation sites excluding steroid dienone is 1. The first-order valence-corrected chi connectivity index (χ1v) is 13.9. The lowest BCUT2D eigenvalue weighted by Crippen LogP contribution is -2.41. The van der Waals surface area contributed by atoms with Crippen LogP contribution in [0.25, 0.3) is 0 Å². The molecule has 0 saturated heterocycles. The predicted octanol–water partition coefficient (Wildman–Crippen LogP) is 4.26. The Morgan fingerprint density at radius 2 is 1.87 bits per heavy atom. The van der Waals surface area contributed by atoms with E-state index in [2.05, 4.69) is 26.2 Å². The number of quaternary nitrogens is 1. The number of likely N-dealkylation sites (N-methyl/N-ethyl adjacent to an activating group) is 1. The van der Waals surface area contributed by atoms with E-state index < -0.39 is 29.4 Å². The highest BCUT2D eigenvalue weighted by Gasteiger charge is 2.41. The fourth-order valence-electron chi connectivity index (χ4n) is 5.53. The standard InChI is InChI=1S/C31H29F3N8O3/c1-19-26(28(43)45-4)27(41-29(38-39-30(41)44)40(19)23-8-5-7-22(16-23)31(32,33)34)24-10-9-20(17-35)15-21(24)11-14-42(2,3)18-25-36-12-6-13-37-25/h5-10,12-13,15-16,27H,11,14,18H2,1-4H3/p+1. The van der Waals surface area contributed by atoms with Crippen LogP contribution in [0.4, 0.5) is 24.8 Å². The summed E-state index contributed by atoms with van der Waals surface area (Å²) in [5, 5.41) is 16.3. The molecule has 3 heterocycles. The molecular formula is C31H30F3N8O3+. The Morgan fingerprint density at radius 1 is 1.13 bits per heavy atom. The summed E-state index contributed by atoms with van der Waals surface area (Å²) in [6.07, 6.45) is -0.843. The number of fused-ring (bicyclic) bond motifs is 1. The molecule has 232 valence electrons. The number of nitriles is 1. The summed E-state index contributed by atoms with van der Waals surface area (Å²) in [6.45, 7) is 2.67. The average Bonchev–Trinajstić information content (AvgIpc) is 3.39. The summed E-state index contributed by atoms with van der Waals surface area (Å²) in [4.78, 5) is 36.8. The number of hydrogen-bond acceptors (Lipinski definition) is 8. The number of benzene rings is 2. The van der Waals surface area contributed by atoms with Gasteiger partial charge < -0.3 is 9.22 Å². The lowest BCUT2D eigenvalue weighted by Gasteiger charge is -2.36. The third-order valence-corrected chi connectivity index (χ3v) is 7.72. The number of halogens is 3. The molecular weight excluding hydrogens is 589 g/mol. The van der Waals surface area contributed by atoms with Crippen molar-refractivity contribution in [2.45, 2.75) is 32.1 Å². The van der Waals surface area contributed by atoms with Crippen LogP contribution in [0.2, 0.25) is 0 Å². The van der Waals surface area contributed by atoms with Gasteiger partial charge in [-0.2, -0.15) is 18.4 Å². The third kappa shape index (κ3) is 6.20. The van der Waals surface area contributed by atoms with Gasteiger partial charge in [-0.15, -0.1) is 5.10 Å². The summed E-state index contributed by atoms with van der Waals surface area (Å²) in [5.74, 6) is -0.125. The molecule has 2 aromatic heterocycles. The number of alkyl halides is 3. The fraction of sp³-hybridized carbons (Fsp3) is 0.290. The number of anilines is 2. The number of methoxy groups -OCH3 is 1. The van der Waals surface area contributed by atoms with E-state index in [1.165, 1.54) is 28.7 Å². The quantitative estimate of drug-likeness (QED) is 0.229. The molecule has 1 atom stereocenters.